The van der Waals surface area contributed by atoms with Crippen molar-refractivity contribution in [3.05, 3.63) is 54.1 Å². The van der Waals surface area contributed by atoms with E-state index in [9.17, 15) is 9.59 Å². The number of carbonyl (C=O) groups excluding carboxylic acids is 2. The summed E-state index contributed by atoms with van der Waals surface area (Å²) in [5.74, 6) is 0.184. The van der Waals surface area contributed by atoms with Gasteiger partial charge >= 0.3 is 0 Å². The molecule has 7 nitrogen and oxygen atoms in total. The van der Waals surface area contributed by atoms with E-state index >= 15 is 0 Å². The minimum atomic E-state index is -0.324. The van der Waals surface area contributed by atoms with Gasteiger partial charge in [0.1, 0.15) is 5.75 Å². The average Bonchev–Trinajstić information content (AvgIpc) is 2.69. The fourth-order valence-electron chi connectivity index (χ4n) is 2.09. The van der Waals surface area contributed by atoms with Crippen LogP contribution in [0.5, 0.6) is 5.75 Å². The predicted octanol–water partition coefficient (Wildman–Crippen LogP) is 3.05. The van der Waals surface area contributed by atoms with Crippen molar-refractivity contribution < 1.29 is 14.3 Å². The van der Waals surface area contributed by atoms with Gasteiger partial charge in [0.2, 0.25) is 5.91 Å². The zero-order valence-electron chi connectivity index (χ0n) is 15.4. The second kappa shape index (κ2) is 10.3. The largest absolute Gasteiger partial charge is 0.497 e. The molecule has 0 aliphatic heterocycles. The van der Waals surface area contributed by atoms with Gasteiger partial charge in [-0.1, -0.05) is 6.92 Å². The fraction of sp³-hybridized carbons (Fsp3) is 0.158. The fourth-order valence-corrected chi connectivity index (χ4v) is 2.54. The number of benzene rings is 2. The van der Waals surface area contributed by atoms with Gasteiger partial charge in [0.25, 0.3) is 5.91 Å². The van der Waals surface area contributed by atoms with E-state index in [1.165, 1.54) is 0 Å². The highest BCUT2D eigenvalue weighted by Crippen LogP contribution is 2.14. The number of carbonyl (C=O) groups is 2. The van der Waals surface area contributed by atoms with Gasteiger partial charge in [0, 0.05) is 23.4 Å². The van der Waals surface area contributed by atoms with Gasteiger partial charge in [-0.3, -0.25) is 14.9 Å². The molecular formula is C19H20N4O3S2. The van der Waals surface area contributed by atoms with Crippen LogP contribution in [-0.4, -0.2) is 29.1 Å². The van der Waals surface area contributed by atoms with Crippen LogP contribution in [-0.2, 0) is 4.79 Å². The molecule has 0 saturated carbocycles. The van der Waals surface area contributed by atoms with Crippen LogP contribution in [0.4, 0.5) is 11.4 Å². The van der Waals surface area contributed by atoms with E-state index in [0.29, 0.717) is 29.1 Å². The first-order valence-electron chi connectivity index (χ1n) is 8.38. The topological polar surface area (TPSA) is 91.5 Å². The van der Waals surface area contributed by atoms with Crippen molar-refractivity contribution in [3.63, 3.8) is 0 Å². The maximum Gasteiger partial charge on any atom is 0.257 e. The molecule has 2 aromatic carbocycles. The van der Waals surface area contributed by atoms with Gasteiger partial charge in [-0.2, -0.15) is 0 Å². The Balaban J connectivity index is 1.87. The first-order chi connectivity index (χ1) is 13.4. The van der Waals surface area contributed by atoms with Gasteiger partial charge in [0.15, 0.2) is 10.2 Å². The molecule has 0 spiro atoms. The third-order valence-electron chi connectivity index (χ3n) is 3.55. The Morgan fingerprint density at radius 3 is 1.82 bits per heavy atom. The molecule has 2 amide bonds. The second-order valence-corrected chi connectivity index (χ2v) is 6.39. The molecule has 9 heteroatoms. The van der Waals surface area contributed by atoms with E-state index in [0.717, 1.165) is 0 Å². The molecule has 4 N–H and O–H groups in total. The zero-order valence-corrected chi connectivity index (χ0v) is 17.0. The lowest BCUT2D eigenvalue weighted by Crippen LogP contribution is -2.34. The summed E-state index contributed by atoms with van der Waals surface area (Å²) in [6.07, 6.45) is 0.352. The summed E-state index contributed by atoms with van der Waals surface area (Å²) in [6.45, 7) is 1.74. The smallest absolute Gasteiger partial charge is 0.257 e. The predicted molar refractivity (Wildman–Crippen MR) is 118 cm³/mol. The van der Waals surface area contributed by atoms with Crippen molar-refractivity contribution >= 4 is 57.8 Å². The van der Waals surface area contributed by atoms with Gasteiger partial charge in [0.05, 0.1) is 7.11 Å². The van der Waals surface area contributed by atoms with Crippen LogP contribution in [0.1, 0.15) is 23.7 Å². The highest BCUT2D eigenvalue weighted by molar-refractivity contribution is 7.80. The lowest BCUT2D eigenvalue weighted by atomic mass is 10.2. The molecule has 0 aliphatic carbocycles. The molecule has 2 aromatic rings. The maximum absolute atomic E-state index is 12.2. The van der Waals surface area contributed by atoms with Gasteiger partial charge in [-0.05, 0) is 73.0 Å². The Labute approximate surface area is 173 Å². The molecule has 0 fully saturated rings. The number of anilines is 2. The lowest BCUT2D eigenvalue weighted by Gasteiger charge is -2.12. The Bertz CT molecular complexity index is 868. The number of amides is 2. The monoisotopic (exact) mass is 416 g/mol. The van der Waals surface area contributed by atoms with Crippen molar-refractivity contribution in [2.24, 2.45) is 0 Å². The number of nitrogens with one attached hydrogen (secondary N) is 4. The molecule has 0 radical (unpaired) electrons. The van der Waals surface area contributed by atoms with Crippen molar-refractivity contribution in [2.75, 3.05) is 17.7 Å². The molecule has 0 saturated heterocycles. The summed E-state index contributed by atoms with van der Waals surface area (Å²) >= 11 is 10.2. The Hall–Kier alpha value is -3.04. The molecule has 0 aliphatic rings. The second-order valence-electron chi connectivity index (χ2n) is 5.57. The zero-order chi connectivity index (χ0) is 20.5. The first kappa shape index (κ1) is 21.3. The maximum atomic E-state index is 12.2. The summed E-state index contributed by atoms with van der Waals surface area (Å²) in [4.78, 5) is 23.5. The van der Waals surface area contributed by atoms with Crippen LogP contribution < -0.4 is 26.0 Å². The summed E-state index contributed by atoms with van der Waals surface area (Å²) in [5.41, 5.74) is 1.86. The minimum Gasteiger partial charge on any atom is -0.497 e. The molecule has 0 bridgehead atoms. The minimum absolute atomic E-state index is 0.159. The van der Waals surface area contributed by atoms with E-state index in [1.54, 1.807) is 62.6 Å². The standard InChI is InChI=1S/C19H20N4O3S2/c1-3-16(24)22-18(27)20-13-6-8-14(9-7-13)21-19(28)23-17(25)12-4-10-15(26-2)11-5-12/h4-11H,3H2,1-2H3,(H2,20,22,24,27)(H2,21,23,25,28). The molecule has 0 heterocycles. The summed E-state index contributed by atoms with van der Waals surface area (Å²) in [7, 11) is 1.56. The highest BCUT2D eigenvalue weighted by Gasteiger charge is 2.08. The van der Waals surface area contributed by atoms with E-state index in [1.807, 2.05) is 0 Å². The SMILES string of the molecule is CCC(=O)NC(=S)Nc1ccc(NC(=S)NC(=O)c2ccc(OC)cc2)cc1. The molecular weight excluding hydrogens is 396 g/mol. The first-order valence-corrected chi connectivity index (χ1v) is 9.20. The third kappa shape index (κ3) is 6.60. The molecule has 146 valence electrons. The summed E-state index contributed by atoms with van der Waals surface area (Å²) in [6, 6.07) is 13.8. The van der Waals surface area contributed by atoms with E-state index < -0.39 is 0 Å². The number of hydrogen-bond donors (Lipinski definition) is 4. The van der Waals surface area contributed by atoms with Crippen LogP contribution in [0.2, 0.25) is 0 Å². The number of thiocarbonyl (C=S) groups is 2. The molecule has 28 heavy (non-hydrogen) atoms. The van der Waals surface area contributed by atoms with Gasteiger partial charge in [-0.15, -0.1) is 0 Å². The van der Waals surface area contributed by atoms with Crippen LogP contribution in [0.15, 0.2) is 48.5 Å². The van der Waals surface area contributed by atoms with Crippen LogP contribution in [0.3, 0.4) is 0 Å². The molecule has 0 atom stereocenters. The normalized spacial score (nSPS) is 9.79. The van der Waals surface area contributed by atoms with Crippen LogP contribution in [0.25, 0.3) is 0 Å². The number of ether oxygens (including phenoxy) is 1. The van der Waals surface area contributed by atoms with Crippen LogP contribution in [0, 0.1) is 0 Å². The summed E-state index contributed by atoms with van der Waals surface area (Å²) < 4.78 is 5.06. The van der Waals surface area contributed by atoms with Crippen LogP contribution >= 0.6 is 24.4 Å². The number of hydrogen-bond acceptors (Lipinski definition) is 5. The van der Waals surface area contributed by atoms with E-state index in [-0.39, 0.29) is 22.0 Å². The Morgan fingerprint density at radius 2 is 1.36 bits per heavy atom. The average molecular weight is 417 g/mol. The number of rotatable bonds is 5. The van der Waals surface area contributed by atoms with Gasteiger partial charge < -0.3 is 20.7 Å². The Morgan fingerprint density at radius 1 is 0.857 bits per heavy atom. The van der Waals surface area contributed by atoms with Crippen molar-refractivity contribution in [1.82, 2.24) is 10.6 Å². The summed E-state index contributed by atoms with van der Waals surface area (Å²) in [5, 5.41) is 11.4. The van der Waals surface area contributed by atoms with Crippen molar-refractivity contribution in [3.8, 4) is 5.75 Å². The van der Waals surface area contributed by atoms with Crippen molar-refractivity contribution in [2.45, 2.75) is 13.3 Å². The van der Waals surface area contributed by atoms with E-state index in [2.05, 4.69) is 21.3 Å². The van der Waals surface area contributed by atoms with Crippen molar-refractivity contribution in [1.29, 1.82) is 0 Å². The Kier molecular flexibility index (Phi) is 7.85. The highest BCUT2D eigenvalue weighted by atomic mass is 32.1. The quantitative estimate of drug-likeness (QED) is 0.557. The van der Waals surface area contributed by atoms with E-state index in [4.69, 9.17) is 29.2 Å². The molecule has 0 aromatic heterocycles. The third-order valence-corrected chi connectivity index (χ3v) is 3.96. The number of methoxy groups -OCH3 is 1. The molecule has 0 unspecified atom stereocenters. The molecule has 2 rings (SSSR count). The van der Waals surface area contributed by atoms with Gasteiger partial charge in [-0.25, -0.2) is 0 Å². The lowest BCUT2D eigenvalue weighted by molar-refractivity contribution is -0.119.